The van der Waals surface area contributed by atoms with Crippen molar-refractivity contribution < 1.29 is 2.74 Å². The Kier molecular flexibility index (Phi) is 0.990. The predicted octanol–water partition coefficient (Wildman–Crippen LogP) is 3.26. The summed E-state index contributed by atoms with van der Waals surface area (Å²) in [5.41, 5.74) is 4.39. The van der Waals surface area contributed by atoms with Crippen LogP contribution < -0.4 is 0 Å². The van der Waals surface area contributed by atoms with E-state index in [0.29, 0.717) is 12.1 Å². The van der Waals surface area contributed by atoms with E-state index in [2.05, 4.69) is 0 Å². The number of benzene rings is 2. The number of fused-ring (bicyclic) bond motifs is 3. The summed E-state index contributed by atoms with van der Waals surface area (Å²) in [4.78, 5) is 0. The van der Waals surface area contributed by atoms with Crippen LogP contribution in [-0.2, 0) is 6.42 Å². The van der Waals surface area contributed by atoms with E-state index in [9.17, 15) is 0 Å². The molecule has 0 aliphatic heterocycles. The van der Waals surface area contributed by atoms with Crippen LogP contribution in [0.2, 0.25) is 0 Å². The molecule has 0 unspecified atom stereocenters. The highest BCUT2D eigenvalue weighted by Crippen LogP contribution is 2.35. The average molecular weight is 168 g/mol. The monoisotopic (exact) mass is 168 g/mol. The molecule has 62 valence electrons. The third-order valence-electron chi connectivity index (χ3n) is 2.53. The highest BCUT2D eigenvalue weighted by molar-refractivity contribution is 5.76. The zero-order valence-corrected chi connectivity index (χ0v) is 7.17. The van der Waals surface area contributed by atoms with Gasteiger partial charge in [0.2, 0.25) is 0 Å². The van der Waals surface area contributed by atoms with Gasteiger partial charge in [0.1, 0.15) is 0 Å². The Morgan fingerprint density at radius 1 is 0.846 bits per heavy atom. The molecule has 0 saturated heterocycles. The molecule has 0 aromatic heterocycles. The molecule has 0 nitrogen and oxygen atoms in total. The van der Waals surface area contributed by atoms with Gasteiger partial charge in [0.25, 0.3) is 0 Å². The molecule has 0 fully saturated rings. The first kappa shape index (κ1) is 5.23. The lowest BCUT2D eigenvalue weighted by atomic mass is 10.1. The van der Waals surface area contributed by atoms with Crippen LogP contribution in [0, 0.1) is 0 Å². The van der Waals surface area contributed by atoms with Gasteiger partial charge in [0.05, 0.1) is 2.74 Å². The van der Waals surface area contributed by atoms with Gasteiger partial charge in [-0.2, -0.15) is 0 Å². The molecule has 0 heteroatoms. The summed E-state index contributed by atoms with van der Waals surface area (Å²) in [6.45, 7) is 0. The van der Waals surface area contributed by atoms with Crippen LogP contribution in [0.15, 0.2) is 48.5 Å². The van der Waals surface area contributed by atoms with Crippen LogP contribution >= 0.6 is 0 Å². The van der Waals surface area contributed by atoms with Gasteiger partial charge < -0.3 is 0 Å². The molecule has 3 rings (SSSR count). The van der Waals surface area contributed by atoms with Gasteiger partial charge in [0, 0.05) is 0 Å². The normalized spacial score (nSPS) is 14.5. The lowest BCUT2D eigenvalue weighted by Gasteiger charge is -1.98. The molecule has 0 atom stereocenters. The van der Waals surface area contributed by atoms with Gasteiger partial charge >= 0.3 is 0 Å². The first-order chi connectivity index (χ1) is 7.27. The van der Waals surface area contributed by atoms with Gasteiger partial charge in [-0.1, -0.05) is 48.5 Å². The van der Waals surface area contributed by atoms with Crippen LogP contribution in [0.1, 0.15) is 13.9 Å². The standard InChI is InChI=1S/C13H10/c1-3-7-12-10(5-1)9-11-6-2-4-8-13(11)12/h1-8H,9H2/i5D,6D. The summed E-state index contributed by atoms with van der Waals surface area (Å²) < 4.78 is 15.7. The zero-order chi connectivity index (χ0) is 10.4. The minimum atomic E-state index is 0.586. The molecule has 13 heavy (non-hydrogen) atoms. The van der Waals surface area contributed by atoms with E-state index >= 15 is 0 Å². The molecule has 2 aromatic carbocycles. The third kappa shape index (κ3) is 0.919. The van der Waals surface area contributed by atoms with Crippen molar-refractivity contribution in [2.75, 3.05) is 0 Å². The number of rotatable bonds is 0. The summed E-state index contributed by atoms with van der Waals surface area (Å²) in [6.07, 6.45) is 0.740. The van der Waals surface area contributed by atoms with Gasteiger partial charge in [-0.3, -0.25) is 0 Å². The van der Waals surface area contributed by atoms with Crippen LogP contribution in [0.5, 0.6) is 0 Å². The van der Waals surface area contributed by atoms with Gasteiger partial charge in [-0.05, 0) is 28.7 Å². The Hall–Kier alpha value is -1.56. The second kappa shape index (κ2) is 2.46. The first-order valence-corrected chi connectivity index (χ1v) is 4.45. The smallest absolute Gasteiger partial charge is 0.0619 e. The Bertz CT molecular complexity index is 495. The minimum Gasteiger partial charge on any atom is -0.0619 e. The number of hydrogen-bond donors (Lipinski definition) is 0. The Morgan fingerprint density at radius 3 is 1.92 bits per heavy atom. The second-order valence-electron chi connectivity index (χ2n) is 3.30. The summed E-state index contributed by atoms with van der Waals surface area (Å²) in [5.74, 6) is 0. The molecular formula is C13H10. The molecule has 0 amide bonds. The van der Waals surface area contributed by atoms with Crippen molar-refractivity contribution in [3.8, 4) is 11.1 Å². The summed E-state index contributed by atoms with van der Waals surface area (Å²) in [6, 6.07) is 12.7. The van der Waals surface area contributed by atoms with Gasteiger partial charge in [-0.25, -0.2) is 0 Å². The van der Waals surface area contributed by atoms with Crippen LogP contribution in [0.25, 0.3) is 11.1 Å². The van der Waals surface area contributed by atoms with Crippen molar-refractivity contribution in [2.24, 2.45) is 0 Å². The van der Waals surface area contributed by atoms with Gasteiger partial charge in [0.15, 0.2) is 0 Å². The van der Waals surface area contributed by atoms with E-state index in [1.165, 1.54) is 0 Å². The van der Waals surface area contributed by atoms with Crippen LogP contribution in [0.4, 0.5) is 0 Å². The topological polar surface area (TPSA) is 0 Å². The molecule has 0 radical (unpaired) electrons. The second-order valence-corrected chi connectivity index (χ2v) is 3.30. The lowest BCUT2D eigenvalue weighted by molar-refractivity contribution is 1.26. The molecular weight excluding hydrogens is 156 g/mol. The molecule has 1 aliphatic carbocycles. The minimum absolute atomic E-state index is 0.586. The zero-order valence-electron chi connectivity index (χ0n) is 9.17. The van der Waals surface area contributed by atoms with E-state index in [4.69, 9.17) is 2.74 Å². The molecule has 0 spiro atoms. The Morgan fingerprint density at radius 2 is 1.38 bits per heavy atom. The maximum atomic E-state index is 7.84. The molecule has 0 heterocycles. The van der Waals surface area contributed by atoms with Crippen molar-refractivity contribution in [3.05, 3.63) is 59.6 Å². The molecule has 2 aromatic rings. The average Bonchev–Trinajstić information content (AvgIpc) is 2.60. The van der Waals surface area contributed by atoms with Crippen molar-refractivity contribution in [2.45, 2.75) is 6.42 Å². The molecule has 0 bridgehead atoms. The first-order valence-electron chi connectivity index (χ1n) is 5.45. The fourth-order valence-electron chi connectivity index (χ4n) is 1.92. The highest BCUT2D eigenvalue weighted by Gasteiger charge is 2.15. The Balaban J connectivity index is 2.33. The molecule has 0 N–H and O–H groups in total. The predicted molar refractivity (Wildman–Crippen MR) is 54.7 cm³/mol. The maximum Gasteiger partial charge on any atom is 0.0626 e. The van der Waals surface area contributed by atoms with Crippen molar-refractivity contribution >= 4 is 0 Å². The Labute approximate surface area is 80.7 Å². The van der Waals surface area contributed by atoms with Crippen LogP contribution in [0.3, 0.4) is 0 Å². The summed E-state index contributed by atoms with van der Waals surface area (Å²) in [5, 5.41) is 0. The van der Waals surface area contributed by atoms with Crippen molar-refractivity contribution in [3.63, 3.8) is 0 Å². The molecule has 1 aliphatic rings. The quantitative estimate of drug-likeness (QED) is 0.483. The van der Waals surface area contributed by atoms with E-state index in [0.717, 1.165) is 28.7 Å². The largest absolute Gasteiger partial charge is 0.0626 e. The fourth-order valence-corrected chi connectivity index (χ4v) is 1.92. The lowest BCUT2D eigenvalue weighted by Crippen LogP contribution is -1.77. The van der Waals surface area contributed by atoms with E-state index in [1.54, 1.807) is 0 Å². The maximum absolute atomic E-state index is 7.84. The van der Waals surface area contributed by atoms with E-state index in [1.807, 2.05) is 36.4 Å². The number of hydrogen-bond acceptors (Lipinski definition) is 0. The molecule has 0 saturated carbocycles. The third-order valence-corrected chi connectivity index (χ3v) is 2.53. The fraction of sp³-hybridized carbons (Fsp3) is 0.0769. The van der Waals surface area contributed by atoms with E-state index in [-0.39, 0.29) is 0 Å². The van der Waals surface area contributed by atoms with E-state index < -0.39 is 0 Å². The van der Waals surface area contributed by atoms with Crippen molar-refractivity contribution in [1.29, 1.82) is 0 Å². The summed E-state index contributed by atoms with van der Waals surface area (Å²) >= 11 is 0. The summed E-state index contributed by atoms with van der Waals surface area (Å²) in [7, 11) is 0. The van der Waals surface area contributed by atoms with Crippen LogP contribution in [-0.4, -0.2) is 0 Å². The SMILES string of the molecule is [2H]c1cccc2c1Cc1c([2H])cccc1-2. The van der Waals surface area contributed by atoms with Gasteiger partial charge in [-0.15, -0.1) is 0 Å². The van der Waals surface area contributed by atoms with Crippen molar-refractivity contribution in [1.82, 2.24) is 0 Å². The highest BCUT2D eigenvalue weighted by atomic mass is 14.2.